The summed E-state index contributed by atoms with van der Waals surface area (Å²) < 4.78 is 39.6. The quantitative estimate of drug-likeness (QED) is 0.482. The molecule has 0 unspecified atom stereocenters. The average molecular weight is 433 g/mol. The van der Waals surface area contributed by atoms with Crippen LogP contribution in [0.3, 0.4) is 0 Å². The van der Waals surface area contributed by atoms with Crippen LogP contribution in [0.2, 0.25) is 0 Å². The van der Waals surface area contributed by atoms with E-state index in [2.05, 4.69) is 22.4 Å². The molecule has 7 nitrogen and oxygen atoms in total. The zero-order valence-electron chi connectivity index (χ0n) is 15.2. The second-order valence-electron chi connectivity index (χ2n) is 5.67. The number of anilines is 2. The lowest BCUT2D eigenvalue weighted by Crippen LogP contribution is -2.47. The molecule has 0 radical (unpaired) electrons. The number of carbonyl (C=O) groups is 1. The van der Waals surface area contributed by atoms with Crippen molar-refractivity contribution < 1.29 is 17.6 Å². The Labute approximate surface area is 166 Å². The molecular weight excluding hydrogens is 411 g/mol. The smallest absolute Gasteiger partial charge is 0.250 e. The molecule has 0 saturated heterocycles. The third-order valence-electron chi connectivity index (χ3n) is 3.48. The topological polar surface area (TPSA) is 92.3 Å². The fourth-order valence-corrected chi connectivity index (χ4v) is 5.24. The molecule has 1 N–H and O–H groups in total. The fourth-order valence-electron chi connectivity index (χ4n) is 2.34. The van der Waals surface area contributed by atoms with E-state index >= 15 is 0 Å². The van der Waals surface area contributed by atoms with Gasteiger partial charge in [-0.1, -0.05) is 36.9 Å². The number of hydrogen-bond donors (Lipinski definition) is 1. The number of rotatable bonds is 9. The van der Waals surface area contributed by atoms with E-state index in [-0.39, 0.29) is 12.1 Å². The fraction of sp³-hybridized carbons (Fsp3) is 0.438. The second kappa shape index (κ2) is 9.47. The Morgan fingerprint density at radius 1 is 1.30 bits per heavy atom. The monoisotopic (exact) mass is 432 g/mol. The molecule has 1 atom stereocenters. The number of hydrogen-bond acceptors (Lipinski definition) is 7. The molecule has 11 heteroatoms. The van der Waals surface area contributed by atoms with Crippen LogP contribution in [0, 0.1) is 5.82 Å². The summed E-state index contributed by atoms with van der Waals surface area (Å²) in [7, 11) is -3.77. The van der Waals surface area contributed by atoms with Crippen LogP contribution >= 0.6 is 23.1 Å². The number of benzene rings is 1. The van der Waals surface area contributed by atoms with Crippen LogP contribution in [0.4, 0.5) is 15.2 Å². The number of sulfonamides is 1. The summed E-state index contributed by atoms with van der Waals surface area (Å²) in [5, 5.41) is 10.9. The standard InChI is InChI=1S/C16H21FN4O3S3/c1-4-10-25-16-20-19-15(26-16)18-14(22)13(5-2)21(27(3,23)24)12-8-6-11(17)7-9-12/h6-9,13H,4-5,10H2,1-3H3,(H,18,19,22)/t13-/m1/s1. The van der Waals surface area contributed by atoms with E-state index in [9.17, 15) is 17.6 Å². The van der Waals surface area contributed by atoms with Gasteiger partial charge in [-0.05, 0) is 37.1 Å². The maximum Gasteiger partial charge on any atom is 0.250 e. The summed E-state index contributed by atoms with van der Waals surface area (Å²) in [5.41, 5.74) is 0.220. The number of nitrogens with zero attached hydrogens (tertiary/aromatic N) is 3. The van der Waals surface area contributed by atoms with Gasteiger partial charge in [-0.25, -0.2) is 12.8 Å². The van der Waals surface area contributed by atoms with Crippen molar-refractivity contribution in [3.8, 4) is 0 Å². The molecule has 2 rings (SSSR count). The summed E-state index contributed by atoms with van der Waals surface area (Å²) in [6, 6.07) is 3.97. The van der Waals surface area contributed by atoms with Crippen LogP contribution in [0.15, 0.2) is 28.6 Å². The first-order valence-electron chi connectivity index (χ1n) is 8.28. The van der Waals surface area contributed by atoms with E-state index in [1.807, 2.05) is 0 Å². The van der Waals surface area contributed by atoms with Gasteiger partial charge >= 0.3 is 0 Å². The van der Waals surface area contributed by atoms with Crippen molar-refractivity contribution in [2.75, 3.05) is 21.6 Å². The number of halogens is 1. The molecule has 1 heterocycles. The van der Waals surface area contributed by atoms with E-state index in [1.165, 1.54) is 23.5 Å². The maximum absolute atomic E-state index is 13.2. The van der Waals surface area contributed by atoms with Crippen molar-refractivity contribution in [2.24, 2.45) is 0 Å². The summed E-state index contributed by atoms with van der Waals surface area (Å²) in [4.78, 5) is 12.7. The SMILES string of the molecule is CCCSc1nnc(NC(=O)[C@@H](CC)N(c2ccc(F)cc2)S(C)(=O)=O)s1. The Hall–Kier alpha value is -1.72. The number of nitrogens with one attached hydrogen (secondary N) is 1. The van der Waals surface area contributed by atoms with Gasteiger partial charge in [-0.15, -0.1) is 10.2 Å². The number of thioether (sulfide) groups is 1. The third kappa shape index (κ3) is 5.88. The Bertz CT molecular complexity index is 871. The number of aromatic nitrogens is 2. The summed E-state index contributed by atoms with van der Waals surface area (Å²) in [5.74, 6) is -0.113. The highest BCUT2D eigenvalue weighted by atomic mass is 32.2. The second-order valence-corrected chi connectivity index (χ2v) is 9.85. The van der Waals surface area contributed by atoms with Gasteiger partial charge in [0, 0.05) is 5.75 Å². The van der Waals surface area contributed by atoms with Crippen LogP contribution in [0.25, 0.3) is 0 Å². The van der Waals surface area contributed by atoms with E-state index in [0.29, 0.717) is 5.13 Å². The van der Waals surface area contributed by atoms with Crippen molar-refractivity contribution in [1.29, 1.82) is 0 Å². The minimum Gasteiger partial charge on any atom is -0.299 e. The van der Waals surface area contributed by atoms with Crippen LogP contribution < -0.4 is 9.62 Å². The lowest BCUT2D eigenvalue weighted by molar-refractivity contribution is -0.117. The Kier molecular flexibility index (Phi) is 7.57. The van der Waals surface area contributed by atoms with Gasteiger partial charge in [0.05, 0.1) is 11.9 Å². The highest BCUT2D eigenvalue weighted by Crippen LogP contribution is 2.27. The largest absolute Gasteiger partial charge is 0.299 e. The van der Waals surface area contributed by atoms with Crippen molar-refractivity contribution >= 4 is 49.8 Å². The van der Waals surface area contributed by atoms with E-state index < -0.39 is 27.8 Å². The predicted octanol–water partition coefficient (Wildman–Crippen LogP) is 3.36. The van der Waals surface area contributed by atoms with Gasteiger partial charge in [-0.2, -0.15) is 0 Å². The minimum atomic E-state index is -3.77. The number of amides is 1. The molecular formula is C16H21FN4O3S3. The molecule has 0 aliphatic heterocycles. The van der Waals surface area contributed by atoms with Crippen molar-refractivity contribution in [3.63, 3.8) is 0 Å². The van der Waals surface area contributed by atoms with E-state index in [1.54, 1.807) is 18.7 Å². The van der Waals surface area contributed by atoms with E-state index in [0.717, 1.165) is 39.2 Å². The Morgan fingerprint density at radius 3 is 2.52 bits per heavy atom. The molecule has 0 aliphatic rings. The van der Waals surface area contributed by atoms with Crippen LogP contribution in [-0.2, 0) is 14.8 Å². The van der Waals surface area contributed by atoms with Gasteiger partial charge in [0.15, 0.2) is 4.34 Å². The molecule has 0 fully saturated rings. The first-order valence-corrected chi connectivity index (χ1v) is 11.9. The molecule has 0 aliphatic carbocycles. The highest BCUT2D eigenvalue weighted by molar-refractivity contribution is 8.01. The molecule has 148 valence electrons. The molecule has 0 bridgehead atoms. The van der Waals surface area contributed by atoms with Gasteiger partial charge in [0.25, 0.3) is 0 Å². The van der Waals surface area contributed by atoms with Crippen molar-refractivity contribution in [3.05, 3.63) is 30.1 Å². The molecule has 2 aromatic rings. The van der Waals surface area contributed by atoms with Gasteiger partial charge < -0.3 is 0 Å². The van der Waals surface area contributed by atoms with Gasteiger partial charge in [-0.3, -0.25) is 14.4 Å². The van der Waals surface area contributed by atoms with Gasteiger partial charge in [0.2, 0.25) is 21.1 Å². The predicted molar refractivity (Wildman–Crippen MR) is 107 cm³/mol. The lowest BCUT2D eigenvalue weighted by Gasteiger charge is -2.29. The first-order chi connectivity index (χ1) is 12.8. The Morgan fingerprint density at radius 2 is 1.96 bits per heavy atom. The molecule has 1 aromatic heterocycles. The van der Waals surface area contributed by atoms with Crippen molar-refractivity contribution in [1.82, 2.24) is 10.2 Å². The minimum absolute atomic E-state index is 0.220. The zero-order chi connectivity index (χ0) is 20.0. The zero-order valence-corrected chi connectivity index (χ0v) is 17.6. The van der Waals surface area contributed by atoms with Crippen LogP contribution in [0.5, 0.6) is 0 Å². The summed E-state index contributed by atoms with van der Waals surface area (Å²) in [6.45, 7) is 3.76. The molecule has 0 spiro atoms. The summed E-state index contributed by atoms with van der Waals surface area (Å²) in [6.07, 6.45) is 2.23. The van der Waals surface area contributed by atoms with Crippen LogP contribution in [-0.4, -0.2) is 42.6 Å². The number of carbonyl (C=O) groups excluding carboxylic acids is 1. The van der Waals surface area contributed by atoms with Gasteiger partial charge in [0.1, 0.15) is 11.9 Å². The molecule has 27 heavy (non-hydrogen) atoms. The molecule has 1 amide bonds. The molecule has 1 aromatic carbocycles. The van der Waals surface area contributed by atoms with Crippen LogP contribution in [0.1, 0.15) is 26.7 Å². The first kappa shape index (κ1) is 21.6. The normalized spacial score (nSPS) is 12.6. The lowest BCUT2D eigenvalue weighted by atomic mass is 10.2. The third-order valence-corrected chi connectivity index (χ3v) is 6.83. The highest BCUT2D eigenvalue weighted by Gasteiger charge is 2.32. The Balaban J connectivity index is 2.24. The summed E-state index contributed by atoms with van der Waals surface area (Å²) >= 11 is 2.78. The van der Waals surface area contributed by atoms with Crippen molar-refractivity contribution in [2.45, 2.75) is 37.1 Å². The molecule has 0 saturated carbocycles. The van der Waals surface area contributed by atoms with E-state index in [4.69, 9.17) is 0 Å². The average Bonchev–Trinajstić information content (AvgIpc) is 3.05. The maximum atomic E-state index is 13.2.